The monoisotopic (exact) mass is 602 g/mol. The second-order valence-corrected chi connectivity index (χ2v) is 9.84. The van der Waals surface area contributed by atoms with Crippen LogP contribution in [0.1, 0.15) is 0 Å². The molecule has 0 spiro atoms. The fourth-order valence-electron chi connectivity index (χ4n) is 4.78. The number of rotatable bonds is 8. The van der Waals surface area contributed by atoms with Crippen molar-refractivity contribution in [2.75, 3.05) is 55.9 Å². The maximum absolute atomic E-state index is 14.5. The molecular weight excluding hydrogens is 575 g/mol. The molecule has 1 aliphatic heterocycles. The number of aromatic nitrogens is 4. The molecule has 2 N–H and O–H groups in total. The number of piperazine rings is 1. The van der Waals surface area contributed by atoms with E-state index in [9.17, 15) is 26.7 Å². The topological polar surface area (TPSA) is 100 Å². The average Bonchev–Trinajstić information content (AvgIpc) is 3.30. The predicted octanol–water partition coefficient (Wildman–Crippen LogP) is 4.96. The maximum atomic E-state index is 14.5. The zero-order valence-corrected chi connectivity index (χ0v) is 23.2. The molecule has 1 amide bonds. The third kappa shape index (κ3) is 6.51. The number of hydrogen-bond acceptors (Lipinski definition) is 8. The van der Waals surface area contributed by atoms with E-state index in [0.29, 0.717) is 40.8 Å². The molecule has 1 saturated heterocycles. The molecule has 5 rings (SSSR count). The van der Waals surface area contributed by atoms with Crippen LogP contribution in [-0.4, -0.2) is 76.8 Å². The molecule has 0 bridgehead atoms. The van der Waals surface area contributed by atoms with Crippen molar-refractivity contribution in [2.24, 2.45) is 0 Å². The van der Waals surface area contributed by atoms with E-state index in [-0.39, 0.29) is 23.0 Å². The molecule has 0 atom stereocenters. The van der Waals surface area contributed by atoms with Gasteiger partial charge in [-0.05, 0) is 31.3 Å². The van der Waals surface area contributed by atoms with Gasteiger partial charge in [-0.25, -0.2) is 23.7 Å². The second kappa shape index (κ2) is 11.8. The van der Waals surface area contributed by atoms with Crippen LogP contribution in [0.3, 0.4) is 0 Å². The molecule has 4 aromatic rings. The van der Waals surface area contributed by atoms with Gasteiger partial charge >= 0.3 is 6.18 Å². The van der Waals surface area contributed by atoms with E-state index in [1.807, 2.05) is 7.05 Å². The Kier molecular flexibility index (Phi) is 8.17. The van der Waals surface area contributed by atoms with Gasteiger partial charge in [0.05, 0.1) is 29.7 Å². The van der Waals surface area contributed by atoms with Crippen LogP contribution in [0.25, 0.3) is 22.6 Å². The summed E-state index contributed by atoms with van der Waals surface area (Å²) < 4.78 is 75.2. The van der Waals surface area contributed by atoms with Gasteiger partial charge in [-0.15, -0.1) is 0 Å². The van der Waals surface area contributed by atoms with Crippen molar-refractivity contribution < 1.29 is 31.5 Å². The number of ether oxygens (including phenoxy) is 1. The van der Waals surface area contributed by atoms with Gasteiger partial charge in [0.15, 0.2) is 11.6 Å². The zero-order chi connectivity index (χ0) is 30.9. The maximum Gasteiger partial charge on any atom is 0.406 e. The van der Waals surface area contributed by atoms with Crippen LogP contribution in [0.4, 0.5) is 45.0 Å². The van der Waals surface area contributed by atoms with Crippen LogP contribution >= 0.6 is 0 Å². The molecule has 226 valence electrons. The highest BCUT2D eigenvalue weighted by Crippen LogP contribution is 2.39. The lowest BCUT2D eigenvalue weighted by Gasteiger charge is -2.35. The van der Waals surface area contributed by atoms with Gasteiger partial charge in [0, 0.05) is 44.5 Å². The number of likely N-dealkylation sites (N-methyl/N-ethyl adjacent to an activating group) is 1. The number of benzene rings is 2. The lowest BCUT2D eigenvalue weighted by Crippen LogP contribution is -2.44. The van der Waals surface area contributed by atoms with Gasteiger partial charge in [-0.3, -0.25) is 4.79 Å². The summed E-state index contributed by atoms with van der Waals surface area (Å²) in [5, 5.41) is 5.78. The number of carbonyl (C=O) groups is 1. The van der Waals surface area contributed by atoms with Gasteiger partial charge in [-0.1, -0.05) is 6.58 Å². The van der Waals surface area contributed by atoms with Gasteiger partial charge in [0.2, 0.25) is 11.9 Å². The molecule has 3 heterocycles. The van der Waals surface area contributed by atoms with Crippen molar-refractivity contribution in [3.8, 4) is 17.3 Å². The Morgan fingerprint density at radius 1 is 1.09 bits per heavy atom. The number of fused-ring (bicyclic) bond motifs is 1. The third-order valence-corrected chi connectivity index (χ3v) is 6.85. The van der Waals surface area contributed by atoms with Crippen LogP contribution in [0.15, 0.2) is 49.2 Å². The van der Waals surface area contributed by atoms with Crippen molar-refractivity contribution in [3.63, 3.8) is 0 Å². The summed E-state index contributed by atoms with van der Waals surface area (Å²) >= 11 is 0. The molecule has 15 heteroatoms. The van der Waals surface area contributed by atoms with Gasteiger partial charge in [-0.2, -0.15) is 13.2 Å². The van der Waals surface area contributed by atoms with Crippen molar-refractivity contribution in [1.82, 2.24) is 24.4 Å². The highest BCUT2D eigenvalue weighted by Gasteiger charge is 2.32. The SMILES string of the molecule is C=CC(=O)Nc1cc(Nc2nccc(-c3nc4c(F)cc(F)cc4n3CC(F)(F)F)n2)c(OC)cc1N1CCN(C)CC1. The molecule has 10 nitrogen and oxygen atoms in total. The summed E-state index contributed by atoms with van der Waals surface area (Å²) in [4.78, 5) is 29.1. The second-order valence-electron chi connectivity index (χ2n) is 9.84. The van der Waals surface area contributed by atoms with Crippen LogP contribution in [-0.2, 0) is 11.3 Å². The highest BCUT2D eigenvalue weighted by molar-refractivity contribution is 6.02. The van der Waals surface area contributed by atoms with Crippen molar-refractivity contribution in [2.45, 2.75) is 12.7 Å². The number of imidazole rings is 1. The van der Waals surface area contributed by atoms with Crippen molar-refractivity contribution >= 4 is 40.0 Å². The molecule has 1 fully saturated rings. The van der Waals surface area contributed by atoms with E-state index < -0.39 is 35.8 Å². The molecule has 0 radical (unpaired) electrons. The summed E-state index contributed by atoms with van der Waals surface area (Å²) in [7, 11) is 3.48. The lowest BCUT2D eigenvalue weighted by molar-refractivity contribution is -0.139. The molecule has 1 aliphatic rings. The number of methoxy groups -OCH3 is 1. The summed E-state index contributed by atoms with van der Waals surface area (Å²) in [6, 6.07) is 6.01. The summed E-state index contributed by atoms with van der Waals surface area (Å²) in [5.74, 6) is -2.60. The highest BCUT2D eigenvalue weighted by atomic mass is 19.4. The van der Waals surface area contributed by atoms with Crippen LogP contribution < -0.4 is 20.3 Å². The van der Waals surface area contributed by atoms with Gasteiger partial charge < -0.3 is 29.7 Å². The van der Waals surface area contributed by atoms with Crippen molar-refractivity contribution in [1.29, 1.82) is 0 Å². The molecule has 2 aromatic carbocycles. The third-order valence-electron chi connectivity index (χ3n) is 6.85. The fraction of sp³-hybridized carbons (Fsp3) is 0.286. The number of carbonyl (C=O) groups excluding carboxylic acids is 1. The number of nitrogens with zero attached hydrogens (tertiary/aromatic N) is 6. The van der Waals surface area contributed by atoms with E-state index in [0.717, 1.165) is 30.9 Å². The summed E-state index contributed by atoms with van der Waals surface area (Å²) in [5.41, 5.74) is 0.632. The van der Waals surface area contributed by atoms with Gasteiger partial charge in [0.25, 0.3) is 0 Å². The number of hydrogen-bond donors (Lipinski definition) is 2. The minimum Gasteiger partial charge on any atom is -0.494 e. The fourth-order valence-corrected chi connectivity index (χ4v) is 4.78. The first-order chi connectivity index (χ1) is 20.5. The molecule has 43 heavy (non-hydrogen) atoms. The number of alkyl halides is 3. The molecule has 0 saturated carbocycles. The van der Waals surface area contributed by atoms with E-state index in [4.69, 9.17) is 4.74 Å². The van der Waals surface area contributed by atoms with E-state index in [2.05, 4.69) is 42.0 Å². The summed E-state index contributed by atoms with van der Waals surface area (Å²) in [6.45, 7) is 5.00. The summed E-state index contributed by atoms with van der Waals surface area (Å²) in [6.07, 6.45) is -2.30. The van der Waals surface area contributed by atoms with E-state index >= 15 is 0 Å². The number of nitrogens with one attached hydrogen (secondary N) is 2. The molecular formula is C28H27F5N8O2. The first kappa shape index (κ1) is 29.7. The quantitative estimate of drug-likeness (QED) is 0.216. The minimum atomic E-state index is -4.72. The predicted molar refractivity (Wildman–Crippen MR) is 152 cm³/mol. The Balaban J connectivity index is 1.55. The Hall–Kier alpha value is -4.79. The largest absolute Gasteiger partial charge is 0.494 e. The lowest BCUT2D eigenvalue weighted by atomic mass is 10.1. The van der Waals surface area contributed by atoms with Crippen LogP contribution in [0.5, 0.6) is 5.75 Å². The van der Waals surface area contributed by atoms with Crippen molar-refractivity contribution in [3.05, 3.63) is 60.8 Å². The average molecular weight is 603 g/mol. The number of amides is 1. The van der Waals surface area contributed by atoms with Gasteiger partial charge in [0.1, 0.15) is 29.3 Å². The number of halogens is 5. The van der Waals surface area contributed by atoms with Crippen LogP contribution in [0, 0.1) is 11.6 Å². The normalized spacial score (nSPS) is 14.2. The molecule has 2 aromatic heterocycles. The van der Waals surface area contributed by atoms with Crippen LogP contribution in [0.2, 0.25) is 0 Å². The Morgan fingerprint density at radius 3 is 2.51 bits per heavy atom. The molecule has 0 unspecified atom stereocenters. The molecule has 0 aliphatic carbocycles. The first-order valence-corrected chi connectivity index (χ1v) is 13.1. The Morgan fingerprint density at radius 2 is 1.84 bits per heavy atom. The zero-order valence-electron chi connectivity index (χ0n) is 23.2. The minimum absolute atomic E-state index is 0.0542. The van der Waals surface area contributed by atoms with E-state index in [1.165, 1.54) is 19.4 Å². The standard InChI is InChI=1S/C28H27F5N8O2/c1-4-24(42)35-19-13-20(23(43-3)14-21(19)40-9-7-39(2)8-10-40)37-27-34-6-5-18(36-27)26-38-25-17(30)11-16(29)12-22(25)41(26)15-28(31,32)33/h4-6,11-14H,1,7-10,15H2,2-3H3,(H,35,42)(H,34,36,37). The number of anilines is 4. The smallest absolute Gasteiger partial charge is 0.406 e. The Bertz CT molecular complexity index is 1680. The van der Waals surface area contributed by atoms with E-state index in [1.54, 1.807) is 12.1 Å². The first-order valence-electron chi connectivity index (χ1n) is 13.1. The Labute approximate surface area is 242 Å².